The van der Waals surface area contributed by atoms with Crippen molar-refractivity contribution in [1.82, 2.24) is 9.97 Å². The molecule has 0 amide bonds. The van der Waals surface area contributed by atoms with Gasteiger partial charge in [-0.1, -0.05) is 19.3 Å². The molecule has 1 fully saturated rings. The van der Waals surface area contributed by atoms with Crippen LogP contribution in [-0.2, 0) is 0 Å². The minimum atomic E-state index is 0.770. The molecular weight excluding hydrogens is 186 g/mol. The number of aromatic nitrogens is 2. The van der Waals surface area contributed by atoms with Crippen LogP contribution >= 0.6 is 0 Å². The van der Waals surface area contributed by atoms with Crippen molar-refractivity contribution in [1.29, 1.82) is 0 Å². The number of hydrogen-bond acceptors (Lipinski definition) is 3. The Morgan fingerprint density at radius 3 is 2.53 bits per heavy atom. The quantitative estimate of drug-likeness (QED) is 0.824. The van der Waals surface area contributed by atoms with Crippen molar-refractivity contribution in [3.63, 3.8) is 0 Å². The molecule has 0 radical (unpaired) electrons. The fourth-order valence-electron chi connectivity index (χ4n) is 2.11. The van der Waals surface area contributed by atoms with Gasteiger partial charge in [-0.3, -0.25) is 0 Å². The number of rotatable bonds is 3. The summed E-state index contributed by atoms with van der Waals surface area (Å²) in [6, 6.07) is 0. The minimum absolute atomic E-state index is 0.770. The topological polar surface area (TPSA) is 37.8 Å². The van der Waals surface area contributed by atoms with E-state index < -0.39 is 0 Å². The highest BCUT2D eigenvalue weighted by Gasteiger charge is 2.12. The highest BCUT2D eigenvalue weighted by molar-refractivity contribution is 5.24. The first kappa shape index (κ1) is 10.4. The average molecular weight is 205 g/mol. The van der Waals surface area contributed by atoms with Gasteiger partial charge in [-0.05, 0) is 31.2 Å². The lowest BCUT2D eigenvalue weighted by molar-refractivity contribution is 0.373. The van der Waals surface area contributed by atoms with E-state index in [0.29, 0.717) is 0 Å². The van der Waals surface area contributed by atoms with Gasteiger partial charge in [-0.15, -0.1) is 0 Å². The fourth-order valence-corrected chi connectivity index (χ4v) is 2.11. The third kappa shape index (κ3) is 3.18. The molecule has 1 N–H and O–H groups in total. The number of hydrogen-bond donors (Lipinski definition) is 1. The molecule has 1 aliphatic rings. The number of anilines is 1. The molecular formula is C12H19N3. The molecule has 0 bridgehead atoms. The molecule has 3 nitrogen and oxygen atoms in total. The van der Waals surface area contributed by atoms with Crippen molar-refractivity contribution in [3.05, 3.63) is 18.0 Å². The molecule has 15 heavy (non-hydrogen) atoms. The van der Waals surface area contributed by atoms with E-state index in [2.05, 4.69) is 15.3 Å². The zero-order chi connectivity index (χ0) is 10.5. The van der Waals surface area contributed by atoms with Gasteiger partial charge in [0.2, 0.25) is 5.95 Å². The zero-order valence-electron chi connectivity index (χ0n) is 9.37. The Balaban J connectivity index is 1.79. The van der Waals surface area contributed by atoms with Crippen LogP contribution in [0.2, 0.25) is 0 Å². The molecule has 0 spiro atoms. The maximum atomic E-state index is 4.24. The standard InChI is InChI=1S/C12H19N3/c1-10-7-13-12(14-8-10)15-9-11-5-3-2-4-6-11/h7-8,11H,2-6,9H2,1H3,(H,13,14,15). The molecule has 3 heteroatoms. The molecule has 82 valence electrons. The maximum Gasteiger partial charge on any atom is 0.222 e. The van der Waals surface area contributed by atoms with E-state index in [1.165, 1.54) is 32.1 Å². The van der Waals surface area contributed by atoms with Gasteiger partial charge in [0, 0.05) is 18.9 Å². The molecule has 1 heterocycles. The molecule has 0 atom stereocenters. The summed E-state index contributed by atoms with van der Waals surface area (Å²) in [6.07, 6.45) is 10.6. The first-order valence-electron chi connectivity index (χ1n) is 5.87. The Morgan fingerprint density at radius 1 is 1.20 bits per heavy atom. The molecule has 1 aliphatic carbocycles. The molecule has 0 aliphatic heterocycles. The Bertz CT molecular complexity index is 288. The van der Waals surface area contributed by atoms with Crippen LogP contribution in [0.3, 0.4) is 0 Å². The summed E-state index contributed by atoms with van der Waals surface area (Å²) in [4.78, 5) is 8.48. The largest absolute Gasteiger partial charge is 0.354 e. The van der Waals surface area contributed by atoms with Gasteiger partial charge in [0.25, 0.3) is 0 Å². The average Bonchev–Trinajstić information content (AvgIpc) is 2.30. The van der Waals surface area contributed by atoms with Crippen molar-refractivity contribution in [2.75, 3.05) is 11.9 Å². The highest BCUT2D eigenvalue weighted by Crippen LogP contribution is 2.23. The van der Waals surface area contributed by atoms with Gasteiger partial charge in [0.05, 0.1) is 0 Å². The second-order valence-electron chi connectivity index (χ2n) is 4.47. The summed E-state index contributed by atoms with van der Waals surface area (Å²) in [5.41, 5.74) is 1.11. The molecule has 1 aromatic rings. The molecule has 0 unspecified atom stereocenters. The van der Waals surface area contributed by atoms with Crippen molar-refractivity contribution in [3.8, 4) is 0 Å². The van der Waals surface area contributed by atoms with Crippen LogP contribution in [-0.4, -0.2) is 16.5 Å². The zero-order valence-corrected chi connectivity index (χ0v) is 9.37. The number of nitrogens with one attached hydrogen (secondary N) is 1. The Kier molecular flexibility index (Phi) is 3.54. The highest BCUT2D eigenvalue weighted by atomic mass is 15.1. The van der Waals surface area contributed by atoms with Crippen LogP contribution < -0.4 is 5.32 Å². The van der Waals surface area contributed by atoms with E-state index in [-0.39, 0.29) is 0 Å². The Morgan fingerprint density at radius 2 is 1.87 bits per heavy atom. The SMILES string of the molecule is Cc1cnc(NCC2CCCCC2)nc1. The summed E-state index contributed by atoms with van der Waals surface area (Å²) in [5.74, 6) is 1.59. The second-order valence-corrected chi connectivity index (χ2v) is 4.47. The lowest BCUT2D eigenvalue weighted by Gasteiger charge is -2.21. The van der Waals surface area contributed by atoms with Gasteiger partial charge in [0.1, 0.15) is 0 Å². The smallest absolute Gasteiger partial charge is 0.222 e. The van der Waals surface area contributed by atoms with E-state index >= 15 is 0 Å². The third-order valence-corrected chi connectivity index (χ3v) is 3.05. The lowest BCUT2D eigenvalue weighted by atomic mass is 9.89. The maximum absolute atomic E-state index is 4.24. The molecule has 0 aromatic carbocycles. The van der Waals surface area contributed by atoms with Crippen molar-refractivity contribution in [2.45, 2.75) is 39.0 Å². The fraction of sp³-hybridized carbons (Fsp3) is 0.667. The van der Waals surface area contributed by atoms with Crippen molar-refractivity contribution in [2.24, 2.45) is 5.92 Å². The molecule has 1 saturated carbocycles. The lowest BCUT2D eigenvalue weighted by Crippen LogP contribution is -2.18. The minimum Gasteiger partial charge on any atom is -0.354 e. The van der Waals surface area contributed by atoms with Crippen LogP contribution in [0.1, 0.15) is 37.7 Å². The van der Waals surface area contributed by atoms with E-state index in [9.17, 15) is 0 Å². The third-order valence-electron chi connectivity index (χ3n) is 3.05. The Labute approximate surface area is 91.3 Å². The van der Waals surface area contributed by atoms with Crippen LogP contribution in [0.25, 0.3) is 0 Å². The summed E-state index contributed by atoms with van der Waals surface area (Å²) in [7, 11) is 0. The van der Waals surface area contributed by atoms with Crippen LogP contribution in [0, 0.1) is 12.8 Å². The predicted molar refractivity (Wildman–Crippen MR) is 61.8 cm³/mol. The number of nitrogens with zero attached hydrogens (tertiary/aromatic N) is 2. The van der Waals surface area contributed by atoms with Gasteiger partial charge >= 0.3 is 0 Å². The van der Waals surface area contributed by atoms with Crippen LogP contribution in [0.15, 0.2) is 12.4 Å². The van der Waals surface area contributed by atoms with E-state index in [1.807, 2.05) is 19.3 Å². The summed E-state index contributed by atoms with van der Waals surface area (Å²) < 4.78 is 0. The molecule has 0 saturated heterocycles. The van der Waals surface area contributed by atoms with Crippen LogP contribution in [0.4, 0.5) is 5.95 Å². The van der Waals surface area contributed by atoms with E-state index in [4.69, 9.17) is 0 Å². The first-order valence-corrected chi connectivity index (χ1v) is 5.87. The summed E-state index contributed by atoms with van der Waals surface area (Å²) in [5, 5.41) is 3.32. The molecule has 1 aromatic heterocycles. The van der Waals surface area contributed by atoms with Gasteiger partial charge in [-0.2, -0.15) is 0 Å². The van der Waals surface area contributed by atoms with Gasteiger partial charge < -0.3 is 5.32 Å². The van der Waals surface area contributed by atoms with Gasteiger partial charge in [0.15, 0.2) is 0 Å². The monoisotopic (exact) mass is 205 g/mol. The molecule has 2 rings (SSSR count). The number of aryl methyl sites for hydroxylation is 1. The summed E-state index contributed by atoms with van der Waals surface area (Å²) in [6.45, 7) is 3.04. The van der Waals surface area contributed by atoms with Crippen molar-refractivity contribution >= 4 is 5.95 Å². The van der Waals surface area contributed by atoms with E-state index in [0.717, 1.165) is 24.0 Å². The van der Waals surface area contributed by atoms with E-state index in [1.54, 1.807) is 0 Å². The van der Waals surface area contributed by atoms with Crippen molar-refractivity contribution < 1.29 is 0 Å². The second kappa shape index (κ2) is 5.10. The summed E-state index contributed by atoms with van der Waals surface area (Å²) >= 11 is 0. The van der Waals surface area contributed by atoms with Gasteiger partial charge in [-0.25, -0.2) is 9.97 Å². The predicted octanol–water partition coefficient (Wildman–Crippen LogP) is 2.78. The first-order chi connectivity index (χ1) is 7.34. The normalized spacial score (nSPS) is 17.7. The Hall–Kier alpha value is -1.12. The van der Waals surface area contributed by atoms with Crippen LogP contribution in [0.5, 0.6) is 0 Å².